The highest BCUT2D eigenvalue weighted by molar-refractivity contribution is 5.77. The van der Waals surface area contributed by atoms with Gasteiger partial charge in [-0.15, -0.1) is 5.10 Å². The Kier molecular flexibility index (Phi) is 6.21. The molecule has 0 saturated carbocycles. The second-order valence-electron chi connectivity index (χ2n) is 8.87. The summed E-state index contributed by atoms with van der Waals surface area (Å²) in [4.78, 5) is 11.2. The molecule has 12 heteroatoms. The molecule has 0 fully saturated rings. The Balaban J connectivity index is 1.26. The van der Waals surface area contributed by atoms with E-state index >= 15 is 0 Å². The summed E-state index contributed by atoms with van der Waals surface area (Å²) >= 11 is 0. The van der Waals surface area contributed by atoms with E-state index in [1.54, 1.807) is 36.7 Å². The van der Waals surface area contributed by atoms with Crippen LogP contribution in [0.5, 0.6) is 0 Å². The molecule has 1 N–H and O–H groups in total. The molecule has 0 amide bonds. The molecule has 0 aliphatic carbocycles. The third kappa shape index (κ3) is 4.86. The average Bonchev–Trinajstić information content (AvgIpc) is 3.38. The molecule has 7 nitrogen and oxygen atoms in total. The number of benzene rings is 2. The van der Waals surface area contributed by atoms with Crippen LogP contribution in [0.15, 0.2) is 85.5 Å². The van der Waals surface area contributed by atoms with Crippen LogP contribution in [0.2, 0.25) is 0 Å². The number of hydrogen-bond acceptors (Lipinski definition) is 5. The molecule has 6 aromatic rings. The van der Waals surface area contributed by atoms with Gasteiger partial charge in [-0.3, -0.25) is 4.98 Å². The SMILES string of the molecule is Fc1cccc(-c2nc3cn[n+](Cc4ccc(-c5ccc(-c6cccnc6)cc5C(F)(F)F)nn4)cc3[nH]2)c1F. The highest BCUT2D eigenvalue weighted by Crippen LogP contribution is 2.38. The van der Waals surface area contributed by atoms with Crippen LogP contribution in [0.25, 0.3) is 44.8 Å². The maximum absolute atomic E-state index is 14.2. The van der Waals surface area contributed by atoms with E-state index in [-0.39, 0.29) is 29.2 Å². The monoisotopic (exact) mass is 546 g/mol. The van der Waals surface area contributed by atoms with Crippen LogP contribution in [0, 0.1) is 11.6 Å². The van der Waals surface area contributed by atoms with Gasteiger partial charge in [0.25, 0.3) is 0 Å². The van der Waals surface area contributed by atoms with Crippen LogP contribution >= 0.6 is 0 Å². The summed E-state index contributed by atoms with van der Waals surface area (Å²) in [5.41, 5.74) is 1.46. The average molecular weight is 546 g/mol. The van der Waals surface area contributed by atoms with Crippen molar-refractivity contribution in [2.75, 3.05) is 0 Å². The van der Waals surface area contributed by atoms with E-state index in [1.165, 1.54) is 41.3 Å². The minimum atomic E-state index is -4.61. The van der Waals surface area contributed by atoms with Crippen molar-refractivity contribution >= 4 is 11.0 Å². The number of fused-ring (bicyclic) bond motifs is 1. The molecule has 0 saturated heterocycles. The summed E-state index contributed by atoms with van der Waals surface area (Å²) < 4.78 is 71.2. The first-order valence-electron chi connectivity index (χ1n) is 11.9. The lowest BCUT2D eigenvalue weighted by molar-refractivity contribution is -0.745. The molecule has 0 atom stereocenters. The van der Waals surface area contributed by atoms with Gasteiger partial charge in [0.2, 0.25) is 12.7 Å². The first-order valence-corrected chi connectivity index (χ1v) is 11.9. The van der Waals surface area contributed by atoms with Crippen molar-refractivity contribution in [1.82, 2.24) is 30.2 Å². The number of pyridine rings is 1. The van der Waals surface area contributed by atoms with Gasteiger partial charge in [-0.25, -0.2) is 13.8 Å². The molecule has 4 heterocycles. The van der Waals surface area contributed by atoms with E-state index < -0.39 is 23.4 Å². The molecule has 0 radical (unpaired) electrons. The summed E-state index contributed by atoms with van der Waals surface area (Å²) in [5, 5.41) is 12.4. The third-order valence-corrected chi connectivity index (χ3v) is 6.21. The van der Waals surface area contributed by atoms with Crippen LogP contribution in [0.1, 0.15) is 11.3 Å². The van der Waals surface area contributed by atoms with E-state index in [9.17, 15) is 22.0 Å². The number of aromatic amines is 1. The standard InChI is InChI=1S/C28H16F5N7/c29-22-5-1-4-20(26(22)30)27-36-24-13-35-40(15-25(24)37-27)14-18-7-9-23(39-38-18)19-8-6-16(11-21(19)28(31,32)33)17-3-2-10-34-12-17/h1-13,15H,14H2/p+1. The van der Waals surface area contributed by atoms with Gasteiger partial charge in [0.15, 0.2) is 11.6 Å². The lowest BCUT2D eigenvalue weighted by Crippen LogP contribution is -2.38. The summed E-state index contributed by atoms with van der Waals surface area (Å²) in [6.45, 7) is 0.151. The van der Waals surface area contributed by atoms with Gasteiger partial charge in [0, 0.05) is 23.5 Å². The Morgan fingerprint density at radius 1 is 0.850 bits per heavy atom. The fourth-order valence-electron chi connectivity index (χ4n) is 4.28. The Morgan fingerprint density at radius 2 is 1.73 bits per heavy atom. The lowest BCUT2D eigenvalue weighted by atomic mass is 9.97. The largest absolute Gasteiger partial charge is 0.417 e. The number of nitrogens with one attached hydrogen (secondary N) is 1. The van der Waals surface area contributed by atoms with Crippen LogP contribution in [0.3, 0.4) is 0 Å². The number of alkyl halides is 3. The molecule has 0 aliphatic heterocycles. The fourth-order valence-corrected chi connectivity index (χ4v) is 4.28. The van der Waals surface area contributed by atoms with Crippen LogP contribution in [-0.4, -0.2) is 30.2 Å². The molecule has 198 valence electrons. The predicted molar refractivity (Wildman–Crippen MR) is 134 cm³/mol. The highest BCUT2D eigenvalue weighted by atomic mass is 19.4. The van der Waals surface area contributed by atoms with E-state index in [0.29, 0.717) is 27.9 Å². The molecule has 6 rings (SSSR count). The van der Waals surface area contributed by atoms with Crippen molar-refractivity contribution < 1.29 is 26.6 Å². The number of nitrogens with zero attached hydrogens (tertiary/aromatic N) is 6. The Hall–Kier alpha value is -5.13. The molecule has 0 spiro atoms. The number of rotatable bonds is 5. The molecule has 0 bridgehead atoms. The van der Waals surface area contributed by atoms with Crippen LogP contribution in [-0.2, 0) is 12.7 Å². The van der Waals surface area contributed by atoms with Crippen molar-refractivity contribution in [3.8, 4) is 33.8 Å². The first kappa shape index (κ1) is 25.2. The predicted octanol–water partition coefficient (Wildman–Crippen LogP) is 5.78. The number of halogens is 5. The van der Waals surface area contributed by atoms with Crippen molar-refractivity contribution in [3.63, 3.8) is 0 Å². The number of aromatic nitrogens is 7. The van der Waals surface area contributed by atoms with Crippen molar-refractivity contribution in [3.05, 3.63) is 108 Å². The molecule has 40 heavy (non-hydrogen) atoms. The molecular formula is C28H17F5N7+. The molecule has 0 unspecified atom stereocenters. The third-order valence-electron chi connectivity index (χ3n) is 6.21. The van der Waals surface area contributed by atoms with Gasteiger partial charge < -0.3 is 4.98 Å². The molecule has 2 aromatic carbocycles. The molecule has 0 aliphatic rings. The van der Waals surface area contributed by atoms with Gasteiger partial charge >= 0.3 is 6.18 Å². The minimum absolute atomic E-state index is 0.0177. The maximum atomic E-state index is 14.2. The van der Waals surface area contributed by atoms with E-state index in [0.717, 1.165) is 12.1 Å². The molecular weight excluding hydrogens is 529 g/mol. The van der Waals surface area contributed by atoms with E-state index in [2.05, 4.69) is 30.2 Å². The first-order chi connectivity index (χ1) is 19.3. The topological polar surface area (TPSA) is 84.1 Å². The van der Waals surface area contributed by atoms with Crippen molar-refractivity contribution in [2.45, 2.75) is 12.7 Å². The van der Waals surface area contributed by atoms with Crippen LogP contribution in [0.4, 0.5) is 22.0 Å². The highest BCUT2D eigenvalue weighted by Gasteiger charge is 2.34. The summed E-state index contributed by atoms with van der Waals surface area (Å²) in [6.07, 6.45) is 1.49. The Morgan fingerprint density at radius 3 is 2.48 bits per heavy atom. The fraction of sp³-hybridized carbons (Fsp3) is 0.0714. The van der Waals surface area contributed by atoms with Crippen molar-refractivity contribution in [2.24, 2.45) is 0 Å². The smallest absolute Gasteiger partial charge is 0.333 e. The Labute approximate surface area is 223 Å². The number of H-pyrrole nitrogens is 1. The Bertz CT molecular complexity index is 1840. The second-order valence-corrected chi connectivity index (χ2v) is 8.87. The molecule has 4 aromatic heterocycles. The number of imidazole rings is 1. The zero-order valence-corrected chi connectivity index (χ0v) is 20.4. The zero-order chi connectivity index (χ0) is 27.9. The number of hydrogen-bond donors (Lipinski definition) is 1. The van der Waals surface area contributed by atoms with Gasteiger partial charge in [0.05, 0.1) is 16.8 Å². The van der Waals surface area contributed by atoms with Gasteiger partial charge in [-0.05, 0) is 47.1 Å². The normalized spacial score (nSPS) is 11.7. The van der Waals surface area contributed by atoms with E-state index in [4.69, 9.17) is 0 Å². The van der Waals surface area contributed by atoms with Gasteiger partial charge in [0.1, 0.15) is 28.7 Å². The summed E-state index contributed by atoms with van der Waals surface area (Å²) in [5.74, 6) is -1.86. The van der Waals surface area contributed by atoms with E-state index in [1.807, 2.05) is 0 Å². The minimum Gasteiger partial charge on any atom is -0.333 e. The zero-order valence-electron chi connectivity index (χ0n) is 20.4. The quantitative estimate of drug-likeness (QED) is 0.219. The van der Waals surface area contributed by atoms with Gasteiger partial charge in [-0.1, -0.05) is 28.9 Å². The van der Waals surface area contributed by atoms with Crippen molar-refractivity contribution in [1.29, 1.82) is 0 Å². The summed E-state index contributed by atoms with van der Waals surface area (Å²) in [6, 6.07) is 14.2. The summed E-state index contributed by atoms with van der Waals surface area (Å²) in [7, 11) is 0. The lowest BCUT2D eigenvalue weighted by Gasteiger charge is -2.14. The second kappa shape index (κ2) is 9.88. The van der Waals surface area contributed by atoms with Crippen LogP contribution < -0.4 is 4.68 Å². The van der Waals surface area contributed by atoms with Gasteiger partial charge in [-0.2, -0.15) is 18.3 Å². The maximum Gasteiger partial charge on any atom is 0.417 e.